The van der Waals surface area contributed by atoms with E-state index in [9.17, 15) is 0 Å². The Morgan fingerprint density at radius 3 is 2.50 bits per heavy atom. The van der Waals surface area contributed by atoms with Crippen LogP contribution in [-0.2, 0) is 0 Å². The fourth-order valence-corrected chi connectivity index (χ4v) is 1.91. The van der Waals surface area contributed by atoms with Crippen LogP contribution in [0.3, 0.4) is 0 Å². The lowest BCUT2D eigenvalue weighted by molar-refractivity contribution is 0.412. The van der Waals surface area contributed by atoms with Crippen molar-refractivity contribution < 1.29 is 4.74 Å². The Bertz CT molecular complexity index is 576. The molecule has 18 heavy (non-hydrogen) atoms. The second kappa shape index (κ2) is 4.94. The highest BCUT2D eigenvalue weighted by Gasteiger charge is 2.09. The summed E-state index contributed by atoms with van der Waals surface area (Å²) in [5.41, 5.74) is 8.62. The van der Waals surface area contributed by atoms with Crippen LogP contribution in [0.25, 0.3) is 11.4 Å². The summed E-state index contributed by atoms with van der Waals surface area (Å²) >= 11 is 3.35. The number of aryl methyl sites for hydroxylation is 2. The van der Waals surface area contributed by atoms with E-state index in [0.717, 1.165) is 27.0 Å². The van der Waals surface area contributed by atoms with E-state index in [0.29, 0.717) is 11.6 Å². The third-order valence-electron chi connectivity index (χ3n) is 2.70. The average Bonchev–Trinajstić information content (AvgIpc) is 2.35. The Kier molecular flexibility index (Phi) is 3.52. The van der Waals surface area contributed by atoms with E-state index in [-0.39, 0.29) is 0 Å². The predicted octanol–water partition coefficient (Wildman–Crippen LogP) is 3.11. The maximum Gasteiger partial charge on any atom is 0.161 e. The fourth-order valence-electron chi connectivity index (χ4n) is 1.73. The molecule has 0 radical (unpaired) electrons. The first kappa shape index (κ1) is 12.8. The minimum atomic E-state index is 0.450. The molecule has 1 aromatic carbocycles. The van der Waals surface area contributed by atoms with Gasteiger partial charge in [-0.25, -0.2) is 9.97 Å². The van der Waals surface area contributed by atoms with Crippen LogP contribution in [0.2, 0.25) is 0 Å². The van der Waals surface area contributed by atoms with Gasteiger partial charge in [-0.15, -0.1) is 0 Å². The molecule has 0 aliphatic carbocycles. The lowest BCUT2D eigenvalue weighted by Crippen LogP contribution is -2.00. The van der Waals surface area contributed by atoms with Crippen LogP contribution >= 0.6 is 15.9 Å². The summed E-state index contributed by atoms with van der Waals surface area (Å²) in [4.78, 5) is 8.70. The zero-order chi connectivity index (χ0) is 13.3. The van der Waals surface area contributed by atoms with Crippen molar-refractivity contribution in [2.75, 3.05) is 12.8 Å². The van der Waals surface area contributed by atoms with Gasteiger partial charge in [0.2, 0.25) is 0 Å². The number of anilines is 1. The molecule has 0 atom stereocenters. The van der Waals surface area contributed by atoms with Crippen LogP contribution in [0, 0.1) is 13.8 Å². The molecule has 0 bridgehead atoms. The quantitative estimate of drug-likeness (QED) is 0.926. The van der Waals surface area contributed by atoms with Gasteiger partial charge in [0.15, 0.2) is 5.82 Å². The Balaban J connectivity index is 2.52. The molecule has 94 valence electrons. The smallest absolute Gasteiger partial charge is 0.161 e. The normalized spacial score (nSPS) is 10.4. The molecule has 0 amide bonds. The number of nitrogens with zero attached hydrogens (tertiary/aromatic N) is 2. The van der Waals surface area contributed by atoms with Gasteiger partial charge < -0.3 is 10.5 Å². The van der Waals surface area contributed by atoms with Crippen molar-refractivity contribution in [3.05, 3.63) is 33.9 Å². The van der Waals surface area contributed by atoms with Crippen molar-refractivity contribution in [2.45, 2.75) is 13.8 Å². The molecule has 5 heteroatoms. The summed E-state index contributed by atoms with van der Waals surface area (Å²) in [6.07, 6.45) is 0. The Morgan fingerprint density at radius 2 is 1.94 bits per heavy atom. The van der Waals surface area contributed by atoms with Crippen molar-refractivity contribution in [1.29, 1.82) is 0 Å². The van der Waals surface area contributed by atoms with Crippen LogP contribution in [-0.4, -0.2) is 17.1 Å². The van der Waals surface area contributed by atoms with Crippen LogP contribution < -0.4 is 10.5 Å². The average molecular weight is 308 g/mol. The maximum absolute atomic E-state index is 5.83. The molecule has 0 aliphatic rings. The topological polar surface area (TPSA) is 61.0 Å². The van der Waals surface area contributed by atoms with Gasteiger partial charge in [-0.05, 0) is 53.5 Å². The number of hydrogen-bond donors (Lipinski definition) is 1. The molecular formula is C13H14BrN3O. The Labute approximate surface area is 114 Å². The molecule has 0 spiro atoms. The number of nitrogens with two attached hydrogens (primary N) is 1. The lowest BCUT2D eigenvalue weighted by Gasteiger charge is -2.08. The predicted molar refractivity (Wildman–Crippen MR) is 75.6 cm³/mol. The van der Waals surface area contributed by atoms with Gasteiger partial charge >= 0.3 is 0 Å². The third-order valence-corrected chi connectivity index (χ3v) is 3.68. The molecule has 0 fully saturated rings. The molecule has 2 aromatic rings. The largest absolute Gasteiger partial charge is 0.496 e. The molecule has 1 aromatic heterocycles. The summed E-state index contributed by atoms with van der Waals surface area (Å²) < 4.78 is 5.98. The Hall–Kier alpha value is -1.62. The molecule has 1 heterocycles. The van der Waals surface area contributed by atoms with Crippen LogP contribution in [0.5, 0.6) is 5.75 Å². The molecule has 0 saturated heterocycles. The Morgan fingerprint density at radius 1 is 1.22 bits per heavy atom. The number of halogens is 1. The first-order valence-electron chi connectivity index (χ1n) is 5.47. The minimum Gasteiger partial charge on any atom is -0.496 e. The monoisotopic (exact) mass is 307 g/mol. The minimum absolute atomic E-state index is 0.450. The lowest BCUT2D eigenvalue weighted by atomic mass is 10.1. The van der Waals surface area contributed by atoms with E-state index >= 15 is 0 Å². The second-order valence-corrected chi connectivity index (χ2v) is 4.81. The summed E-state index contributed by atoms with van der Waals surface area (Å²) in [7, 11) is 1.65. The van der Waals surface area contributed by atoms with Crippen LogP contribution in [0.4, 0.5) is 5.82 Å². The molecule has 0 unspecified atom stereocenters. The van der Waals surface area contributed by atoms with Gasteiger partial charge in [-0.1, -0.05) is 0 Å². The number of benzene rings is 1. The van der Waals surface area contributed by atoms with Gasteiger partial charge in [0, 0.05) is 5.56 Å². The number of nitrogen functional groups attached to an aromatic ring is 1. The van der Waals surface area contributed by atoms with E-state index in [1.807, 2.05) is 32.0 Å². The fraction of sp³-hybridized carbons (Fsp3) is 0.231. The summed E-state index contributed by atoms with van der Waals surface area (Å²) in [6, 6.07) is 5.82. The molecule has 4 nitrogen and oxygen atoms in total. The van der Waals surface area contributed by atoms with Crippen molar-refractivity contribution in [2.24, 2.45) is 0 Å². The van der Waals surface area contributed by atoms with Crippen molar-refractivity contribution >= 4 is 21.7 Å². The van der Waals surface area contributed by atoms with Gasteiger partial charge in [0.1, 0.15) is 11.6 Å². The summed E-state index contributed by atoms with van der Waals surface area (Å²) in [6.45, 7) is 3.87. The number of rotatable bonds is 2. The van der Waals surface area contributed by atoms with Crippen molar-refractivity contribution in [1.82, 2.24) is 9.97 Å². The zero-order valence-corrected chi connectivity index (χ0v) is 12.1. The molecule has 2 N–H and O–H groups in total. The summed E-state index contributed by atoms with van der Waals surface area (Å²) in [5, 5.41) is 0. The first-order valence-corrected chi connectivity index (χ1v) is 6.27. The van der Waals surface area contributed by atoms with Crippen LogP contribution in [0.15, 0.2) is 22.7 Å². The van der Waals surface area contributed by atoms with Gasteiger partial charge in [0.25, 0.3) is 0 Å². The summed E-state index contributed by atoms with van der Waals surface area (Å²) in [5.74, 6) is 1.92. The van der Waals surface area contributed by atoms with Crippen molar-refractivity contribution in [3.8, 4) is 17.1 Å². The maximum atomic E-state index is 5.83. The van der Waals surface area contributed by atoms with Crippen molar-refractivity contribution in [3.63, 3.8) is 0 Å². The molecule has 0 saturated carbocycles. The second-order valence-electron chi connectivity index (χ2n) is 4.02. The van der Waals surface area contributed by atoms with E-state index in [1.165, 1.54) is 0 Å². The van der Waals surface area contributed by atoms with Gasteiger partial charge in [-0.3, -0.25) is 0 Å². The van der Waals surface area contributed by atoms with E-state index in [4.69, 9.17) is 10.5 Å². The molecular weight excluding hydrogens is 294 g/mol. The third kappa shape index (κ3) is 2.31. The standard InChI is InChI=1S/C13H14BrN3O/c1-7-6-9(4-5-10(7)18-3)13-16-8(2)11(14)12(15)17-13/h4-6H,1-3H3,(H2,15,16,17). The zero-order valence-electron chi connectivity index (χ0n) is 10.5. The molecule has 0 aliphatic heterocycles. The number of methoxy groups -OCH3 is 1. The number of ether oxygens (including phenoxy) is 1. The number of hydrogen-bond acceptors (Lipinski definition) is 4. The van der Waals surface area contributed by atoms with E-state index in [2.05, 4.69) is 25.9 Å². The SMILES string of the molecule is COc1ccc(-c2nc(C)c(Br)c(N)n2)cc1C. The van der Waals surface area contributed by atoms with E-state index in [1.54, 1.807) is 7.11 Å². The van der Waals surface area contributed by atoms with Gasteiger partial charge in [0.05, 0.1) is 17.3 Å². The van der Waals surface area contributed by atoms with E-state index < -0.39 is 0 Å². The highest BCUT2D eigenvalue weighted by atomic mass is 79.9. The molecule has 2 rings (SSSR count). The van der Waals surface area contributed by atoms with Crippen LogP contribution in [0.1, 0.15) is 11.3 Å². The number of aromatic nitrogens is 2. The van der Waals surface area contributed by atoms with Gasteiger partial charge in [-0.2, -0.15) is 0 Å². The highest BCUT2D eigenvalue weighted by Crippen LogP contribution is 2.27. The first-order chi connectivity index (χ1) is 8.52. The highest BCUT2D eigenvalue weighted by molar-refractivity contribution is 9.10.